The van der Waals surface area contributed by atoms with Gasteiger partial charge in [0, 0.05) is 12.2 Å². The van der Waals surface area contributed by atoms with Crippen molar-refractivity contribution < 1.29 is 4.42 Å². The van der Waals surface area contributed by atoms with E-state index >= 15 is 0 Å². The lowest BCUT2D eigenvalue weighted by Gasteiger charge is -2.01. The number of aromatic nitrogens is 3. The summed E-state index contributed by atoms with van der Waals surface area (Å²) in [7, 11) is 0. The van der Waals surface area contributed by atoms with Crippen LogP contribution in [0.15, 0.2) is 45.3 Å². The molecule has 0 radical (unpaired) electrons. The van der Waals surface area contributed by atoms with Crippen molar-refractivity contribution in [1.82, 2.24) is 15.0 Å². The minimum absolute atomic E-state index is 0.553. The van der Waals surface area contributed by atoms with Crippen molar-refractivity contribution in [2.45, 2.75) is 18.0 Å². The zero-order valence-electron chi connectivity index (χ0n) is 12.2. The average Bonchev–Trinajstić information content (AvgIpc) is 3.17. The fourth-order valence-electron chi connectivity index (χ4n) is 2.34. The summed E-state index contributed by atoms with van der Waals surface area (Å²) in [6.07, 6.45) is 1.75. The highest BCUT2D eigenvalue weighted by atomic mass is 32.2. The van der Waals surface area contributed by atoms with Gasteiger partial charge < -0.3 is 10.2 Å². The van der Waals surface area contributed by atoms with Gasteiger partial charge in [-0.3, -0.25) is 0 Å². The van der Waals surface area contributed by atoms with E-state index in [1.165, 1.54) is 0 Å². The fraction of sp³-hybridized carbons (Fsp3) is 0.188. The maximum absolute atomic E-state index is 5.96. The highest BCUT2D eigenvalue weighted by Gasteiger charge is 2.08. The molecule has 116 valence electrons. The van der Waals surface area contributed by atoms with Crippen LogP contribution in [0.2, 0.25) is 0 Å². The summed E-state index contributed by atoms with van der Waals surface area (Å²) in [6.45, 7) is 0. The van der Waals surface area contributed by atoms with E-state index in [-0.39, 0.29) is 0 Å². The number of aryl methyl sites for hydroxylation is 1. The molecule has 3 heterocycles. The zero-order chi connectivity index (χ0) is 15.6. The Kier molecular flexibility index (Phi) is 3.88. The van der Waals surface area contributed by atoms with Gasteiger partial charge in [-0.2, -0.15) is 0 Å². The molecular formula is C16H14N4OS2. The molecule has 0 saturated heterocycles. The van der Waals surface area contributed by atoms with Gasteiger partial charge in [0.2, 0.25) is 0 Å². The van der Waals surface area contributed by atoms with Gasteiger partial charge in [-0.05, 0) is 30.0 Å². The van der Waals surface area contributed by atoms with Crippen LogP contribution in [-0.4, -0.2) is 20.7 Å². The minimum Gasteiger partial charge on any atom is -0.441 e. The standard InChI is InChI=1S/C16H14N4OS2/c17-14-10-7-9-22-15(10)20-16(19-14)23-8-3-6-13-18-11-4-1-2-5-12(11)21-13/h1-2,4-5,7,9H,3,6,8H2,(H2,17,19,20). The smallest absolute Gasteiger partial charge is 0.195 e. The maximum Gasteiger partial charge on any atom is 0.195 e. The molecule has 7 heteroatoms. The van der Waals surface area contributed by atoms with Gasteiger partial charge in [0.05, 0.1) is 5.39 Å². The Balaban J connectivity index is 1.37. The molecule has 0 spiro atoms. The van der Waals surface area contributed by atoms with E-state index < -0.39 is 0 Å². The lowest BCUT2D eigenvalue weighted by atomic mass is 10.3. The van der Waals surface area contributed by atoms with Crippen molar-refractivity contribution in [2.75, 3.05) is 11.5 Å². The molecule has 2 N–H and O–H groups in total. The predicted octanol–water partition coefficient (Wildman–Crippen LogP) is 4.14. The van der Waals surface area contributed by atoms with E-state index in [2.05, 4.69) is 15.0 Å². The first kappa shape index (κ1) is 14.5. The Morgan fingerprint density at radius 2 is 2.04 bits per heavy atom. The van der Waals surface area contributed by atoms with Crippen LogP contribution in [0.5, 0.6) is 0 Å². The van der Waals surface area contributed by atoms with Gasteiger partial charge in [-0.1, -0.05) is 23.9 Å². The monoisotopic (exact) mass is 342 g/mol. The van der Waals surface area contributed by atoms with Crippen LogP contribution in [0, 0.1) is 0 Å². The van der Waals surface area contributed by atoms with E-state index in [0.717, 1.165) is 51.0 Å². The van der Waals surface area contributed by atoms with Crippen molar-refractivity contribution >= 4 is 50.2 Å². The van der Waals surface area contributed by atoms with Gasteiger partial charge in [-0.25, -0.2) is 15.0 Å². The first-order valence-electron chi connectivity index (χ1n) is 7.27. The Hall–Kier alpha value is -2.12. The molecular weight excluding hydrogens is 328 g/mol. The van der Waals surface area contributed by atoms with E-state index in [9.17, 15) is 0 Å². The number of benzene rings is 1. The number of nitrogen functional groups attached to an aromatic ring is 1. The summed E-state index contributed by atoms with van der Waals surface area (Å²) in [5.74, 6) is 2.23. The van der Waals surface area contributed by atoms with Crippen molar-refractivity contribution in [1.29, 1.82) is 0 Å². The molecule has 1 aromatic carbocycles. The van der Waals surface area contributed by atoms with Crippen molar-refractivity contribution in [3.8, 4) is 0 Å². The number of thioether (sulfide) groups is 1. The second kappa shape index (κ2) is 6.17. The summed E-state index contributed by atoms with van der Waals surface area (Å²) in [5, 5.41) is 3.65. The first-order chi connectivity index (χ1) is 11.3. The van der Waals surface area contributed by atoms with Crippen LogP contribution in [0.1, 0.15) is 12.3 Å². The molecule has 0 bridgehead atoms. The largest absolute Gasteiger partial charge is 0.441 e. The number of nitrogens with zero attached hydrogens (tertiary/aromatic N) is 3. The van der Waals surface area contributed by atoms with Crippen LogP contribution in [0.25, 0.3) is 21.3 Å². The number of fused-ring (bicyclic) bond motifs is 2. The number of oxazole rings is 1. The molecule has 0 fully saturated rings. The van der Waals surface area contributed by atoms with Gasteiger partial charge >= 0.3 is 0 Å². The lowest BCUT2D eigenvalue weighted by Crippen LogP contribution is -1.96. The average molecular weight is 342 g/mol. The Morgan fingerprint density at radius 3 is 2.96 bits per heavy atom. The SMILES string of the molecule is Nc1nc(SCCCc2nc3ccccc3o2)nc2sccc12. The summed E-state index contributed by atoms with van der Waals surface area (Å²) in [4.78, 5) is 14.3. The Labute approximate surface area is 141 Å². The lowest BCUT2D eigenvalue weighted by molar-refractivity contribution is 0.526. The number of rotatable bonds is 5. The van der Waals surface area contributed by atoms with Gasteiger partial charge in [0.1, 0.15) is 16.2 Å². The third-order valence-corrected chi connectivity index (χ3v) is 5.18. The number of nitrogens with two attached hydrogens (primary N) is 1. The van der Waals surface area contributed by atoms with Crippen LogP contribution >= 0.6 is 23.1 Å². The highest BCUT2D eigenvalue weighted by molar-refractivity contribution is 7.99. The minimum atomic E-state index is 0.553. The van der Waals surface area contributed by atoms with Gasteiger partial charge in [-0.15, -0.1) is 11.3 Å². The van der Waals surface area contributed by atoms with Crippen LogP contribution in [0.4, 0.5) is 5.82 Å². The molecule has 0 aliphatic carbocycles. The van der Waals surface area contributed by atoms with E-state index in [1.807, 2.05) is 35.7 Å². The van der Waals surface area contributed by atoms with Crippen molar-refractivity contribution in [3.05, 3.63) is 41.6 Å². The molecule has 0 saturated carbocycles. The highest BCUT2D eigenvalue weighted by Crippen LogP contribution is 2.26. The molecule has 23 heavy (non-hydrogen) atoms. The summed E-state index contributed by atoms with van der Waals surface area (Å²) in [5.41, 5.74) is 7.71. The number of hydrogen-bond acceptors (Lipinski definition) is 7. The zero-order valence-corrected chi connectivity index (χ0v) is 13.9. The predicted molar refractivity (Wildman–Crippen MR) is 94.9 cm³/mol. The summed E-state index contributed by atoms with van der Waals surface area (Å²) >= 11 is 3.20. The molecule has 0 amide bonds. The molecule has 0 atom stereocenters. The van der Waals surface area contributed by atoms with Crippen LogP contribution < -0.4 is 5.73 Å². The maximum atomic E-state index is 5.96. The molecule has 4 aromatic rings. The van der Waals surface area contributed by atoms with Crippen LogP contribution in [0.3, 0.4) is 0 Å². The van der Waals surface area contributed by atoms with E-state index in [4.69, 9.17) is 10.2 Å². The molecule has 0 aliphatic rings. The number of para-hydroxylation sites is 2. The molecule has 3 aromatic heterocycles. The van der Waals surface area contributed by atoms with Gasteiger partial charge in [0.15, 0.2) is 16.6 Å². The second-order valence-corrected chi connectivity index (χ2v) is 7.01. The van der Waals surface area contributed by atoms with E-state index in [0.29, 0.717) is 5.82 Å². The Morgan fingerprint density at radius 1 is 1.13 bits per heavy atom. The molecule has 0 unspecified atom stereocenters. The van der Waals surface area contributed by atoms with Gasteiger partial charge in [0.25, 0.3) is 0 Å². The fourth-order valence-corrected chi connectivity index (χ4v) is 3.96. The van der Waals surface area contributed by atoms with Crippen LogP contribution in [-0.2, 0) is 6.42 Å². The quantitative estimate of drug-likeness (QED) is 0.334. The normalized spacial score (nSPS) is 11.5. The third kappa shape index (κ3) is 3.02. The number of hydrogen-bond donors (Lipinski definition) is 1. The Bertz CT molecular complexity index is 930. The number of thiophene rings is 1. The second-order valence-electron chi connectivity index (χ2n) is 5.06. The molecule has 0 aliphatic heterocycles. The summed E-state index contributed by atoms with van der Waals surface area (Å²) in [6, 6.07) is 9.77. The summed E-state index contributed by atoms with van der Waals surface area (Å²) < 4.78 is 5.72. The first-order valence-corrected chi connectivity index (χ1v) is 9.14. The van der Waals surface area contributed by atoms with Crippen molar-refractivity contribution in [3.63, 3.8) is 0 Å². The molecule has 5 nitrogen and oxygen atoms in total. The molecule has 4 rings (SSSR count). The third-order valence-electron chi connectivity index (χ3n) is 3.44. The van der Waals surface area contributed by atoms with E-state index in [1.54, 1.807) is 23.1 Å². The van der Waals surface area contributed by atoms with Crippen molar-refractivity contribution in [2.24, 2.45) is 0 Å². The number of anilines is 1. The topological polar surface area (TPSA) is 77.8 Å².